The Morgan fingerprint density at radius 2 is 1.28 bits per heavy atom. The topological polar surface area (TPSA) is 12.0 Å². The van der Waals surface area contributed by atoms with E-state index in [9.17, 15) is 0 Å². The van der Waals surface area contributed by atoms with Crippen LogP contribution in [0.1, 0.15) is 20.8 Å². The second-order valence-corrected chi connectivity index (χ2v) is 9.66. The minimum absolute atomic E-state index is 0.0169. The molecule has 0 aliphatic heterocycles. The van der Waals surface area contributed by atoms with Gasteiger partial charge in [0.15, 0.2) is 0 Å². The fourth-order valence-corrected chi connectivity index (χ4v) is 5.46. The first-order chi connectivity index (χ1) is 11.9. The quantitative estimate of drug-likeness (QED) is 0.616. The molecule has 0 saturated carbocycles. The molecule has 0 heterocycles. The van der Waals surface area contributed by atoms with Crippen molar-refractivity contribution in [2.24, 2.45) is 0 Å². The van der Waals surface area contributed by atoms with Crippen molar-refractivity contribution in [3.63, 3.8) is 0 Å². The fourth-order valence-electron chi connectivity index (χ4n) is 2.78. The van der Waals surface area contributed by atoms with E-state index in [2.05, 4.69) is 98.9 Å². The van der Waals surface area contributed by atoms with E-state index in [0.717, 1.165) is 10.7 Å². The van der Waals surface area contributed by atoms with Crippen LogP contribution in [0.25, 0.3) is 0 Å². The highest BCUT2D eigenvalue weighted by Crippen LogP contribution is 2.37. The van der Waals surface area contributed by atoms with Gasteiger partial charge in [0.25, 0.3) is 0 Å². The standard InChI is InChI=1S/C22H23ClNP/c1-22(2,3)24-20-15-14-17(23)16-21(20)25(18-10-6-4-7-11-18)19-12-8-5-9-13-19/h4-16,24H,1-3H3. The Morgan fingerprint density at radius 1 is 0.760 bits per heavy atom. The van der Waals surface area contributed by atoms with Gasteiger partial charge in [0.1, 0.15) is 0 Å². The van der Waals surface area contributed by atoms with Gasteiger partial charge in [-0.3, -0.25) is 0 Å². The summed E-state index contributed by atoms with van der Waals surface area (Å²) in [5.41, 5.74) is 1.13. The van der Waals surface area contributed by atoms with Crippen molar-refractivity contribution in [3.8, 4) is 0 Å². The highest BCUT2D eigenvalue weighted by Gasteiger charge is 2.22. The molecular formula is C22H23ClNP. The predicted molar refractivity (Wildman–Crippen MR) is 114 cm³/mol. The van der Waals surface area contributed by atoms with Crippen LogP contribution in [0.3, 0.4) is 0 Å². The zero-order valence-electron chi connectivity index (χ0n) is 14.8. The highest BCUT2D eigenvalue weighted by molar-refractivity contribution is 7.80. The second kappa shape index (κ2) is 7.60. The maximum absolute atomic E-state index is 6.39. The Morgan fingerprint density at radius 3 is 1.76 bits per heavy atom. The van der Waals surface area contributed by atoms with E-state index in [4.69, 9.17) is 11.6 Å². The van der Waals surface area contributed by atoms with Crippen LogP contribution in [0.5, 0.6) is 0 Å². The molecule has 3 aromatic rings. The van der Waals surface area contributed by atoms with Crippen molar-refractivity contribution in [1.29, 1.82) is 0 Å². The Balaban J connectivity index is 2.19. The molecule has 0 amide bonds. The lowest BCUT2D eigenvalue weighted by Gasteiger charge is -2.28. The molecule has 0 atom stereocenters. The molecule has 128 valence electrons. The summed E-state index contributed by atoms with van der Waals surface area (Å²) in [6, 6.07) is 27.6. The zero-order chi connectivity index (χ0) is 17.9. The molecule has 0 unspecified atom stereocenters. The summed E-state index contributed by atoms with van der Waals surface area (Å²) >= 11 is 6.39. The SMILES string of the molecule is CC(C)(C)Nc1ccc(Cl)cc1P(c1ccccc1)c1ccccc1. The molecule has 0 bridgehead atoms. The lowest BCUT2D eigenvalue weighted by molar-refractivity contribution is 0.635. The van der Waals surface area contributed by atoms with Crippen LogP contribution >= 0.6 is 19.5 Å². The molecular weight excluding hydrogens is 345 g/mol. The Bertz CT molecular complexity index is 786. The smallest absolute Gasteiger partial charge is 0.0430 e. The van der Waals surface area contributed by atoms with Crippen LogP contribution in [-0.2, 0) is 0 Å². The molecule has 0 spiro atoms. The average Bonchev–Trinajstić information content (AvgIpc) is 2.58. The zero-order valence-corrected chi connectivity index (χ0v) is 16.5. The first kappa shape index (κ1) is 18.0. The minimum atomic E-state index is -0.683. The second-order valence-electron chi connectivity index (χ2n) is 7.04. The Kier molecular flexibility index (Phi) is 5.47. The van der Waals surface area contributed by atoms with Crippen LogP contribution < -0.4 is 21.2 Å². The largest absolute Gasteiger partial charge is 0.380 e. The monoisotopic (exact) mass is 367 g/mol. The van der Waals surface area contributed by atoms with Crippen LogP contribution in [0.4, 0.5) is 5.69 Å². The maximum atomic E-state index is 6.39. The van der Waals surface area contributed by atoms with E-state index in [1.807, 2.05) is 6.07 Å². The number of benzene rings is 3. The summed E-state index contributed by atoms with van der Waals surface area (Å²) in [5.74, 6) is 0. The van der Waals surface area contributed by atoms with Crippen molar-refractivity contribution in [3.05, 3.63) is 83.9 Å². The van der Waals surface area contributed by atoms with Crippen LogP contribution in [0.15, 0.2) is 78.9 Å². The number of hydrogen-bond acceptors (Lipinski definition) is 1. The van der Waals surface area contributed by atoms with Gasteiger partial charge >= 0.3 is 0 Å². The van der Waals surface area contributed by atoms with Crippen molar-refractivity contribution >= 4 is 41.1 Å². The predicted octanol–water partition coefficient (Wildman–Crippen LogP) is 5.31. The van der Waals surface area contributed by atoms with Gasteiger partial charge in [0, 0.05) is 21.6 Å². The van der Waals surface area contributed by atoms with Gasteiger partial charge in [0.2, 0.25) is 0 Å². The lowest BCUT2D eigenvalue weighted by atomic mass is 10.1. The summed E-state index contributed by atoms with van der Waals surface area (Å²) in [6.45, 7) is 6.54. The number of rotatable bonds is 4. The third-order valence-electron chi connectivity index (χ3n) is 3.74. The van der Waals surface area contributed by atoms with E-state index >= 15 is 0 Å². The van der Waals surface area contributed by atoms with E-state index in [1.54, 1.807) is 0 Å². The fraction of sp³-hybridized carbons (Fsp3) is 0.182. The Labute approximate surface area is 156 Å². The van der Waals surface area contributed by atoms with Crippen molar-refractivity contribution in [1.82, 2.24) is 0 Å². The third kappa shape index (κ3) is 4.63. The summed E-state index contributed by atoms with van der Waals surface area (Å²) in [7, 11) is -0.683. The molecule has 1 N–H and O–H groups in total. The van der Waals surface area contributed by atoms with Crippen molar-refractivity contribution in [2.45, 2.75) is 26.3 Å². The average molecular weight is 368 g/mol. The molecule has 1 nitrogen and oxygen atoms in total. The van der Waals surface area contributed by atoms with Gasteiger partial charge in [-0.05, 0) is 57.5 Å². The lowest BCUT2D eigenvalue weighted by Crippen LogP contribution is -2.31. The molecule has 25 heavy (non-hydrogen) atoms. The molecule has 0 aliphatic rings. The summed E-state index contributed by atoms with van der Waals surface area (Å²) in [4.78, 5) is 0. The summed E-state index contributed by atoms with van der Waals surface area (Å²) < 4.78 is 0. The van der Waals surface area contributed by atoms with Crippen molar-refractivity contribution in [2.75, 3.05) is 5.32 Å². The molecule has 3 heteroatoms. The summed E-state index contributed by atoms with van der Waals surface area (Å²) in [6.07, 6.45) is 0. The normalized spacial score (nSPS) is 11.6. The maximum Gasteiger partial charge on any atom is 0.0430 e. The summed E-state index contributed by atoms with van der Waals surface area (Å²) in [5, 5.41) is 8.33. The van der Waals surface area contributed by atoms with Gasteiger partial charge in [-0.15, -0.1) is 0 Å². The molecule has 0 saturated heterocycles. The molecule has 0 aliphatic carbocycles. The van der Waals surface area contributed by atoms with E-state index in [-0.39, 0.29) is 5.54 Å². The first-order valence-electron chi connectivity index (χ1n) is 8.42. The first-order valence-corrected chi connectivity index (χ1v) is 10.1. The van der Waals surface area contributed by atoms with E-state index < -0.39 is 7.92 Å². The number of halogens is 1. The van der Waals surface area contributed by atoms with Crippen LogP contribution in [0.2, 0.25) is 5.02 Å². The van der Waals surface area contributed by atoms with Gasteiger partial charge in [-0.1, -0.05) is 72.3 Å². The minimum Gasteiger partial charge on any atom is -0.380 e. The van der Waals surface area contributed by atoms with E-state index in [1.165, 1.54) is 15.9 Å². The number of anilines is 1. The third-order valence-corrected chi connectivity index (χ3v) is 6.46. The highest BCUT2D eigenvalue weighted by atomic mass is 35.5. The van der Waals surface area contributed by atoms with Crippen LogP contribution in [0, 0.1) is 0 Å². The van der Waals surface area contributed by atoms with E-state index in [0.29, 0.717) is 0 Å². The Hall–Kier alpha value is -1.82. The van der Waals surface area contributed by atoms with Gasteiger partial charge in [0.05, 0.1) is 0 Å². The molecule has 0 aromatic heterocycles. The van der Waals surface area contributed by atoms with Gasteiger partial charge in [-0.25, -0.2) is 0 Å². The van der Waals surface area contributed by atoms with Crippen molar-refractivity contribution < 1.29 is 0 Å². The van der Waals surface area contributed by atoms with Crippen LogP contribution in [-0.4, -0.2) is 5.54 Å². The molecule has 0 radical (unpaired) electrons. The van der Waals surface area contributed by atoms with Gasteiger partial charge in [-0.2, -0.15) is 0 Å². The number of nitrogens with one attached hydrogen (secondary N) is 1. The number of hydrogen-bond donors (Lipinski definition) is 1. The molecule has 0 fully saturated rings. The molecule has 3 rings (SSSR count). The molecule has 3 aromatic carbocycles. The van der Waals surface area contributed by atoms with Gasteiger partial charge < -0.3 is 5.32 Å².